The monoisotopic (exact) mass is 291 g/mol. The van der Waals surface area contributed by atoms with Crippen molar-refractivity contribution in [1.29, 1.82) is 0 Å². The number of rotatable bonds is 8. The van der Waals surface area contributed by atoms with Crippen molar-refractivity contribution in [2.75, 3.05) is 25.4 Å². The minimum absolute atomic E-state index is 0.0613. The lowest BCUT2D eigenvalue weighted by molar-refractivity contribution is -0.121. The zero-order valence-corrected chi connectivity index (χ0v) is 12.4. The molecule has 0 aliphatic carbocycles. The maximum atomic E-state index is 11.6. The van der Waals surface area contributed by atoms with Gasteiger partial charge in [-0.2, -0.15) is 0 Å². The standard InChI is InChI=1S/C12H25N3O3S/c1-2-15-19(17,18)10-9-14-12(16)7-6-11-5-3-4-8-13-11/h11,13,15H,2-10H2,1H3,(H,14,16). The molecule has 1 unspecified atom stereocenters. The van der Waals surface area contributed by atoms with Crippen LogP contribution >= 0.6 is 0 Å². The van der Waals surface area contributed by atoms with E-state index in [2.05, 4.69) is 15.4 Å². The second-order valence-corrected chi connectivity index (χ2v) is 6.78. The zero-order valence-electron chi connectivity index (χ0n) is 11.6. The minimum Gasteiger partial charge on any atom is -0.355 e. The summed E-state index contributed by atoms with van der Waals surface area (Å²) in [6, 6.07) is 0.435. The molecule has 0 aromatic carbocycles. The van der Waals surface area contributed by atoms with Gasteiger partial charge in [0.25, 0.3) is 0 Å². The number of carbonyl (C=O) groups excluding carboxylic acids is 1. The Balaban J connectivity index is 2.10. The topological polar surface area (TPSA) is 87.3 Å². The van der Waals surface area contributed by atoms with Crippen molar-refractivity contribution in [2.24, 2.45) is 0 Å². The molecule has 3 N–H and O–H groups in total. The van der Waals surface area contributed by atoms with Crippen LogP contribution in [0.1, 0.15) is 39.0 Å². The van der Waals surface area contributed by atoms with Crippen LogP contribution < -0.4 is 15.4 Å². The highest BCUT2D eigenvalue weighted by atomic mass is 32.2. The molecule has 1 aliphatic rings. The van der Waals surface area contributed by atoms with Crippen LogP contribution in [0.25, 0.3) is 0 Å². The predicted molar refractivity (Wildman–Crippen MR) is 75.3 cm³/mol. The summed E-state index contributed by atoms with van der Waals surface area (Å²) in [6.07, 6.45) is 4.85. The highest BCUT2D eigenvalue weighted by Gasteiger charge is 2.14. The molecule has 6 nitrogen and oxygen atoms in total. The number of piperidine rings is 1. The molecule has 0 spiro atoms. The minimum atomic E-state index is -3.24. The molecule has 0 aromatic rings. The largest absolute Gasteiger partial charge is 0.355 e. The van der Waals surface area contributed by atoms with E-state index in [0.29, 0.717) is 19.0 Å². The number of hydrogen-bond acceptors (Lipinski definition) is 4. The van der Waals surface area contributed by atoms with Gasteiger partial charge in [-0.3, -0.25) is 4.79 Å². The van der Waals surface area contributed by atoms with Gasteiger partial charge in [-0.05, 0) is 25.8 Å². The molecular weight excluding hydrogens is 266 g/mol. The SMILES string of the molecule is CCNS(=O)(=O)CCNC(=O)CCC1CCCCN1. The van der Waals surface area contributed by atoms with Crippen LogP contribution in [-0.2, 0) is 14.8 Å². The summed E-state index contributed by atoms with van der Waals surface area (Å²) in [5, 5.41) is 6.04. The van der Waals surface area contributed by atoms with Gasteiger partial charge in [0.1, 0.15) is 0 Å². The van der Waals surface area contributed by atoms with Crippen molar-refractivity contribution in [1.82, 2.24) is 15.4 Å². The Morgan fingerprint density at radius 2 is 2.16 bits per heavy atom. The molecule has 0 saturated carbocycles. The molecule has 112 valence electrons. The van der Waals surface area contributed by atoms with Gasteiger partial charge in [-0.15, -0.1) is 0 Å². The van der Waals surface area contributed by atoms with Gasteiger partial charge in [0.2, 0.25) is 15.9 Å². The van der Waals surface area contributed by atoms with E-state index >= 15 is 0 Å². The van der Waals surface area contributed by atoms with Crippen LogP contribution in [0.5, 0.6) is 0 Å². The van der Waals surface area contributed by atoms with E-state index in [-0.39, 0.29) is 18.2 Å². The molecule has 1 atom stereocenters. The van der Waals surface area contributed by atoms with Gasteiger partial charge in [0.15, 0.2) is 0 Å². The van der Waals surface area contributed by atoms with E-state index in [1.165, 1.54) is 12.8 Å². The Morgan fingerprint density at radius 1 is 1.37 bits per heavy atom. The van der Waals surface area contributed by atoms with Crippen molar-refractivity contribution in [2.45, 2.75) is 45.1 Å². The normalized spacial score (nSPS) is 20.2. The Kier molecular flexibility index (Phi) is 7.33. The van der Waals surface area contributed by atoms with Gasteiger partial charge in [-0.1, -0.05) is 13.3 Å². The second kappa shape index (κ2) is 8.50. The second-order valence-electron chi connectivity index (χ2n) is 4.85. The van der Waals surface area contributed by atoms with Crippen LogP contribution in [0.15, 0.2) is 0 Å². The number of carbonyl (C=O) groups is 1. The predicted octanol–water partition coefficient (Wildman–Crippen LogP) is -0.0358. The van der Waals surface area contributed by atoms with Crippen LogP contribution in [0.4, 0.5) is 0 Å². The van der Waals surface area contributed by atoms with E-state index in [1.807, 2.05) is 0 Å². The number of sulfonamides is 1. The molecule has 1 heterocycles. The van der Waals surface area contributed by atoms with Crippen LogP contribution in [0.3, 0.4) is 0 Å². The first-order chi connectivity index (χ1) is 9.03. The van der Waals surface area contributed by atoms with E-state index in [0.717, 1.165) is 19.4 Å². The molecule has 0 bridgehead atoms. The van der Waals surface area contributed by atoms with Crippen molar-refractivity contribution in [3.63, 3.8) is 0 Å². The fourth-order valence-corrected chi connectivity index (χ4v) is 3.14. The summed E-state index contributed by atoms with van der Waals surface area (Å²) in [4.78, 5) is 11.6. The van der Waals surface area contributed by atoms with Gasteiger partial charge in [0, 0.05) is 25.6 Å². The van der Waals surface area contributed by atoms with E-state index in [4.69, 9.17) is 0 Å². The van der Waals surface area contributed by atoms with Crippen molar-refractivity contribution < 1.29 is 13.2 Å². The van der Waals surface area contributed by atoms with Crippen molar-refractivity contribution in [3.8, 4) is 0 Å². The smallest absolute Gasteiger partial charge is 0.220 e. The number of nitrogens with one attached hydrogen (secondary N) is 3. The summed E-state index contributed by atoms with van der Waals surface area (Å²) >= 11 is 0. The number of hydrogen-bond donors (Lipinski definition) is 3. The molecule has 7 heteroatoms. The summed E-state index contributed by atoms with van der Waals surface area (Å²) < 4.78 is 25.1. The maximum absolute atomic E-state index is 11.6. The molecule has 19 heavy (non-hydrogen) atoms. The zero-order chi connectivity index (χ0) is 14.1. The molecule has 1 amide bonds. The quantitative estimate of drug-likeness (QED) is 0.586. The van der Waals surface area contributed by atoms with E-state index < -0.39 is 10.0 Å². The maximum Gasteiger partial charge on any atom is 0.220 e. The van der Waals surface area contributed by atoms with Gasteiger partial charge in [-0.25, -0.2) is 13.1 Å². The van der Waals surface area contributed by atoms with Crippen LogP contribution in [-0.4, -0.2) is 45.8 Å². The molecular formula is C12H25N3O3S. The van der Waals surface area contributed by atoms with Crippen LogP contribution in [0, 0.1) is 0 Å². The highest BCUT2D eigenvalue weighted by Crippen LogP contribution is 2.11. The summed E-state index contributed by atoms with van der Waals surface area (Å²) in [7, 11) is -3.24. The first-order valence-electron chi connectivity index (χ1n) is 7.01. The Hall–Kier alpha value is -0.660. The molecule has 1 saturated heterocycles. The summed E-state index contributed by atoms with van der Waals surface area (Å²) in [6.45, 7) is 3.32. The van der Waals surface area contributed by atoms with E-state index in [9.17, 15) is 13.2 Å². The lowest BCUT2D eigenvalue weighted by atomic mass is 10.0. The van der Waals surface area contributed by atoms with Crippen molar-refractivity contribution >= 4 is 15.9 Å². The lowest BCUT2D eigenvalue weighted by Gasteiger charge is -2.23. The fourth-order valence-electron chi connectivity index (χ4n) is 2.18. The average molecular weight is 291 g/mol. The van der Waals surface area contributed by atoms with Gasteiger partial charge < -0.3 is 10.6 Å². The van der Waals surface area contributed by atoms with E-state index in [1.54, 1.807) is 6.92 Å². The Morgan fingerprint density at radius 3 is 2.79 bits per heavy atom. The Labute approximate surface area is 115 Å². The van der Waals surface area contributed by atoms with Gasteiger partial charge in [0.05, 0.1) is 5.75 Å². The fraction of sp³-hybridized carbons (Fsp3) is 0.917. The first-order valence-corrected chi connectivity index (χ1v) is 8.66. The molecule has 0 radical (unpaired) electrons. The van der Waals surface area contributed by atoms with Gasteiger partial charge >= 0.3 is 0 Å². The summed E-state index contributed by atoms with van der Waals surface area (Å²) in [5.74, 6) is -0.132. The highest BCUT2D eigenvalue weighted by molar-refractivity contribution is 7.89. The average Bonchev–Trinajstić information content (AvgIpc) is 2.37. The van der Waals surface area contributed by atoms with Crippen molar-refractivity contribution in [3.05, 3.63) is 0 Å². The third kappa shape index (κ3) is 7.49. The number of amides is 1. The molecule has 0 aromatic heterocycles. The summed E-state index contributed by atoms with van der Waals surface area (Å²) in [5.41, 5.74) is 0. The lowest BCUT2D eigenvalue weighted by Crippen LogP contribution is -2.37. The Bertz CT molecular complexity index is 364. The third-order valence-electron chi connectivity index (χ3n) is 3.19. The third-order valence-corrected chi connectivity index (χ3v) is 4.66. The molecule has 1 fully saturated rings. The first kappa shape index (κ1) is 16.4. The molecule has 1 rings (SSSR count). The van der Waals surface area contributed by atoms with Crippen LogP contribution in [0.2, 0.25) is 0 Å². The molecule has 1 aliphatic heterocycles.